The van der Waals surface area contributed by atoms with E-state index in [1.165, 1.54) is 24.0 Å². The Morgan fingerprint density at radius 2 is 1.82 bits per heavy atom. The van der Waals surface area contributed by atoms with Gasteiger partial charge < -0.3 is 15.5 Å². The highest BCUT2D eigenvalue weighted by molar-refractivity contribution is 5.85. The Morgan fingerprint density at radius 3 is 2.41 bits per heavy atom. The molecule has 22 heavy (non-hydrogen) atoms. The summed E-state index contributed by atoms with van der Waals surface area (Å²) in [6.45, 7) is 2.90. The average Bonchev–Trinajstić information content (AvgIpc) is 3.21. The molecule has 0 unspecified atom stereocenters. The molecule has 1 saturated carbocycles. The summed E-state index contributed by atoms with van der Waals surface area (Å²) in [6.07, 6.45) is 2.62. The highest BCUT2D eigenvalue weighted by atomic mass is 35.5. The summed E-state index contributed by atoms with van der Waals surface area (Å²) < 4.78 is 0. The Labute approximate surface area is 145 Å². The molecule has 6 heteroatoms. The largest absolute Gasteiger partial charge is 0.351 e. The van der Waals surface area contributed by atoms with E-state index in [4.69, 9.17) is 0 Å². The lowest BCUT2D eigenvalue weighted by Gasteiger charge is -2.14. The molecule has 0 radical (unpaired) electrons. The fraction of sp³-hybridized carbons (Fsp3) is 0.562. The average molecular weight is 348 g/mol. The molecular formula is C16H27Cl2N3O. The summed E-state index contributed by atoms with van der Waals surface area (Å²) >= 11 is 0. The van der Waals surface area contributed by atoms with Crippen LogP contribution in [0, 0.1) is 5.92 Å². The normalized spacial score (nSPS) is 13.2. The molecule has 0 bridgehead atoms. The molecular weight excluding hydrogens is 321 g/mol. The van der Waals surface area contributed by atoms with E-state index in [0.717, 1.165) is 19.0 Å². The third-order valence-electron chi connectivity index (χ3n) is 3.50. The van der Waals surface area contributed by atoms with Gasteiger partial charge in [0.25, 0.3) is 0 Å². The van der Waals surface area contributed by atoms with Crippen LogP contribution >= 0.6 is 24.8 Å². The SMILES string of the molecule is CN(C)Cc1ccccc1CNC(=O)CNCC1CC1.Cl.Cl. The fourth-order valence-corrected chi connectivity index (χ4v) is 2.19. The first kappa shape index (κ1) is 21.2. The van der Waals surface area contributed by atoms with Crippen molar-refractivity contribution in [1.29, 1.82) is 0 Å². The molecule has 1 fully saturated rings. The van der Waals surface area contributed by atoms with Crippen LogP contribution in [-0.2, 0) is 17.9 Å². The van der Waals surface area contributed by atoms with Gasteiger partial charge in [-0.05, 0) is 50.5 Å². The lowest BCUT2D eigenvalue weighted by molar-refractivity contribution is -0.120. The fourth-order valence-electron chi connectivity index (χ4n) is 2.19. The van der Waals surface area contributed by atoms with Crippen molar-refractivity contribution in [3.63, 3.8) is 0 Å². The Balaban J connectivity index is 0.00000220. The van der Waals surface area contributed by atoms with Gasteiger partial charge in [-0.1, -0.05) is 24.3 Å². The lowest BCUT2D eigenvalue weighted by atomic mass is 10.1. The third-order valence-corrected chi connectivity index (χ3v) is 3.50. The molecule has 1 aromatic carbocycles. The molecule has 1 amide bonds. The van der Waals surface area contributed by atoms with Crippen LogP contribution in [0.15, 0.2) is 24.3 Å². The smallest absolute Gasteiger partial charge is 0.234 e. The molecule has 0 heterocycles. The van der Waals surface area contributed by atoms with E-state index in [9.17, 15) is 4.79 Å². The number of benzene rings is 1. The molecule has 1 aromatic rings. The van der Waals surface area contributed by atoms with Gasteiger partial charge in [0.1, 0.15) is 0 Å². The van der Waals surface area contributed by atoms with Crippen LogP contribution in [0.25, 0.3) is 0 Å². The second kappa shape index (κ2) is 10.8. The molecule has 0 aromatic heterocycles. The highest BCUT2D eigenvalue weighted by Crippen LogP contribution is 2.27. The summed E-state index contributed by atoms with van der Waals surface area (Å²) in [5, 5.41) is 6.20. The molecule has 0 atom stereocenters. The van der Waals surface area contributed by atoms with E-state index in [1.807, 2.05) is 12.1 Å². The molecule has 1 aliphatic carbocycles. The van der Waals surface area contributed by atoms with Gasteiger partial charge in [0.15, 0.2) is 0 Å². The molecule has 126 valence electrons. The zero-order chi connectivity index (χ0) is 14.4. The number of hydrogen-bond acceptors (Lipinski definition) is 3. The van der Waals surface area contributed by atoms with Gasteiger partial charge >= 0.3 is 0 Å². The standard InChI is InChI=1S/C16H25N3O.2ClH/c1-19(2)12-15-6-4-3-5-14(15)10-18-16(20)11-17-9-13-7-8-13;;/h3-6,13,17H,7-12H2,1-2H3,(H,18,20);2*1H. The highest BCUT2D eigenvalue weighted by Gasteiger charge is 2.20. The number of carbonyl (C=O) groups excluding carboxylic acids is 1. The number of halogens is 2. The van der Waals surface area contributed by atoms with Crippen LogP contribution in [0.4, 0.5) is 0 Å². The summed E-state index contributed by atoms with van der Waals surface area (Å²) in [6, 6.07) is 8.26. The van der Waals surface area contributed by atoms with Gasteiger partial charge in [-0.25, -0.2) is 0 Å². The van der Waals surface area contributed by atoms with E-state index < -0.39 is 0 Å². The van der Waals surface area contributed by atoms with Gasteiger partial charge in [0.2, 0.25) is 5.91 Å². The van der Waals surface area contributed by atoms with Crippen LogP contribution in [0.5, 0.6) is 0 Å². The van der Waals surface area contributed by atoms with Crippen LogP contribution < -0.4 is 10.6 Å². The van der Waals surface area contributed by atoms with Crippen molar-refractivity contribution in [3.05, 3.63) is 35.4 Å². The molecule has 0 spiro atoms. The van der Waals surface area contributed by atoms with Crippen molar-refractivity contribution in [1.82, 2.24) is 15.5 Å². The quantitative estimate of drug-likeness (QED) is 0.757. The molecule has 2 rings (SSSR count). The first-order chi connectivity index (χ1) is 9.65. The first-order valence-electron chi connectivity index (χ1n) is 7.34. The zero-order valence-electron chi connectivity index (χ0n) is 13.3. The molecule has 2 N–H and O–H groups in total. The van der Waals surface area contributed by atoms with Gasteiger partial charge in [-0.15, -0.1) is 24.8 Å². The minimum Gasteiger partial charge on any atom is -0.351 e. The van der Waals surface area contributed by atoms with Crippen molar-refractivity contribution in [2.24, 2.45) is 5.92 Å². The van der Waals surface area contributed by atoms with Crippen molar-refractivity contribution in [2.45, 2.75) is 25.9 Å². The maximum absolute atomic E-state index is 11.8. The minimum absolute atomic E-state index is 0. The number of carbonyl (C=O) groups is 1. The second-order valence-electron chi connectivity index (χ2n) is 5.86. The van der Waals surface area contributed by atoms with E-state index in [0.29, 0.717) is 13.1 Å². The van der Waals surface area contributed by atoms with E-state index >= 15 is 0 Å². The number of hydrogen-bond donors (Lipinski definition) is 2. The zero-order valence-corrected chi connectivity index (χ0v) is 14.9. The summed E-state index contributed by atoms with van der Waals surface area (Å²) in [7, 11) is 4.11. The molecule has 4 nitrogen and oxygen atoms in total. The van der Waals surface area contributed by atoms with Crippen molar-refractivity contribution < 1.29 is 4.79 Å². The summed E-state index contributed by atoms with van der Waals surface area (Å²) in [5.74, 6) is 0.883. The Hall–Kier alpha value is -0.810. The van der Waals surface area contributed by atoms with E-state index in [2.05, 4.69) is 41.8 Å². The second-order valence-corrected chi connectivity index (χ2v) is 5.86. The third kappa shape index (κ3) is 7.99. The molecule has 0 saturated heterocycles. The predicted molar refractivity (Wildman–Crippen MR) is 95.8 cm³/mol. The Bertz CT molecular complexity index is 451. The Kier molecular flexibility index (Phi) is 10.4. The van der Waals surface area contributed by atoms with Crippen LogP contribution in [0.3, 0.4) is 0 Å². The number of nitrogens with zero attached hydrogens (tertiary/aromatic N) is 1. The first-order valence-corrected chi connectivity index (χ1v) is 7.34. The van der Waals surface area contributed by atoms with Gasteiger partial charge in [-0.2, -0.15) is 0 Å². The number of nitrogens with one attached hydrogen (secondary N) is 2. The summed E-state index contributed by atoms with van der Waals surface area (Å²) in [5.41, 5.74) is 2.46. The van der Waals surface area contributed by atoms with Crippen LogP contribution in [-0.4, -0.2) is 38.0 Å². The predicted octanol–water partition coefficient (Wildman–Crippen LogP) is 2.21. The lowest BCUT2D eigenvalue weighted by Crippen LogP contribution is -2.34. The van der Waals surface area contributed by atoms with Crippen molar-refractivity contribution in [3.8, 4) is 0 Å². The molecule has 1 aliphatic rings. The van der Waals surface area contributed by atoms with Crippen molar-refractivity contribution >= 4 is 30.7 Å². The van der Waals surface area contributed by atoms with Crippen LogP contribution in [0.2, 0.25) is 0 Å². The molecule has 0 aliphatic heterocycles. The van der Waals surface area contributed by atoms with E-state index in [1.54, 1.807) is 0 Å². The van der Waals surface area contributed by atoms with Gasteiger partial charge in [-0.3, -0.25) is 4.79 Å². The van der Waals surface area contributed by atoms with E-state index in [-0.39, 0.29) is 30.7 Å². The maximum Gasteiger partial charge on any atom is 0.234 e. The van der Waals surface area contributed by atoms with Gasteiger partial charge in [0.05, 0.1) is 6.54 Å². The van der Waals surface area contributed by atoms with Crippen LogP contribution in [0.1, 0.15) is 24.0 Å². The summed E-state index contributed by atoms with van der Waals surface area (Å²) in [4.78, 5) is 13.9. The monoisotopic (exact) mass is 347 g/mol. The Morgan fingerprint density at radius 1 is 1.18 bits per heavy atom. The number of amides is 1. The van der Waals surface area contributed by atoms with Gasteiger partial charge in [0, 0.05) is 13.1 Å². The topological polar surface area (TPSA) is 44.4 Å². The van der Waals surface area contributed by atoms with Crippen molar-refractivity contribution in [2.75, 3.05) is 27.2 Å². The number of rotatable bonds is 8. The maximum atomic E-state index is 11.8. The minimum atomic E-state index is 0.